The van der Waals surface area contributed by atoms with E-state index in [4.69, 9.17) is 10.2 Å². The predicted molar refractivity (Wildman–Crippen MR) is 55.7 cm³/mol. The van der Waals surface area contributed by atoms with Crippen molar-refractivity contribution in [1.29, 1.82) is 0 Å². The Bertz CT molecular complexity index is 420. The Morgan fingerprint density at radius 2 is 2.12 bits per heavy atom. The molecule has 9 nitrogen and oxygen atoms in total. The lowest BCUT2D eigenvalue weighted by Gasteiger charge is -2.11. The SMILES string of the molecule is O=C(O)CC(NC(=O)Nc1nncs1)C(=O)O. The Hall–Kier alpha value is -2.23. The summed E-state index contributed by atoms with van der Waals surface area (Å²) >= 11 is 1.04. The molecule has 0 aliphatic heterocycles. The molecule has 0 spiro atoms. The van der Waals surface area contributed by atoms with Crippen LogP contribution in [-0.2, 0) is 9.59 Å². The van der Waals surface area contributed by atoms with Crippen LogP contribution in [0.5, 0.6) is 0 Å². The Labute approximate surface area is 98.5 Å². The summed E-state index contributed by atoms with van der Waals surface area (Å²) < 4.78 is 0. The van der Waals surface area contributed by atoms with E-state index >= 15 is 0 Å². The third kappa shape index (κ3) is 4.42. The Kier molecular flexibility index (Phi) is 4.34. The molecule has 10 heteroatoms. The van der Waals surface area contributed by atoms with Crippen LogP contribution in [0.25, 0.3) is 0 Å². The Morgan fingerprint density at radius 3 is 2.59 bits per heavy atom. The van der Waals surface area contributed by atoms with E-state index in [1.807, 2.05) is 5.32 Å². The maximum absolute atomic E-state index is 11.3. The van der Waals surface area contributed by atoms with E-state index in [0.29, 0.717) is 0 Å². The first-order chi connectivity index (χ1) is 7.99. The third-order valence-corrected chi connectivity index (χ3v) is 2.17. The number of hydrogen-bond donors (Lipinski definition) is 4. The first kappa shape index (κ1) is 12.8. The normalized spacial score (nSPS) is 11.5. The highest BCUT2D eigenvalue weighted by Crippen LogP contribution is 2.07. The number of rotatable bonds is 5. The van der Waals surface area contributed by atoms with Gasteiger partial charge in [-0.1, -0.05) is 11.3 Å². The molecule has 17 heavy (non-hydrogen) atoms. The van der Waals surface area contributed by atoms with Crippen molar-refractivity contribution in [2.24, 2.45) is 0 Å². The molecular formula is C7H8N4O5S. The van der Waals surface area contributed by atoms with Gasteiger partial charge in [0.05, 0.1) is 6.42 Å². The molecule has 0 aromatic carbocycles. The highest BCUT2D eigenvalue weighted by atomic mass is 32.1. The van der Waals surface area contributed by atoms with Crippen molar-refractivity contribution < 1.29 is 24.6 Å². The van der Waals surface area contributed by atoms with Gasteiger partial charge in [-0.05, 0) is 0 Å². The van der Waals surface area contributed by atoms with E-state index in [1.165, 1.54) is 5.51 Å². The number of hydrogen-bond acceptors (Lipinski definition) is 6. The topological polar surface area (TPSA) is 142 Å². The molecule has 1 aromatic rings. The van der Waals surface area contributed by atoms with Crippen LogP contribution in [-0.4, -0.2) is 44.4 Å². The van der Waals surface area contributed by atoms with E-state index in [0.717, 1.165) is 11.3 Å². The van der Waals surface area contributed by atoms with Crippen LogP contribution >= 0.6 is 11.3 Å². The van der Waals surface area contributed by atoms with E-state index in [1.54, 1.807) is 0 Å². The van der Waals surface area contributed by atoms with Gasteiger partial charge in [0.2, 0.25) is 5.13 Å². The predicted octanol–water partition coefficient (Wildman–Crippen LogP) is -0.413. The fourth-order valence-corrected chi connectivity index (χ4v) is 1.33. The van der Waals surface area contributed by atoms with Gasteiger partial charge in [0.25, 0.3) is 0 Å². The van der Waals surface area contributed by atoms with Crippen LogP contribution in [0.3, 0.4) is 0 Å². The first-order valence-corrected chi connectivity index (χ1v) is 5.15. The minimum Gasteiger partial charge on any atom is -0.481 e. The second kappa shape index (κ2) is 5.75. The molecule has 0 bridgehead atoms. The van der Waals surface area contributed by atoms with Gasteiger partial charge in [-0.2, -0.15) is 0 Å². The van der Waals surface area contributed by atoms with Crippen LogP contribution in [0, 0.1) is 0 Å². The zero-order chi connectivity index (χ0) is 12.8. The summed E-state index contributed by atoms with van der Waals surface area (Å²) in [6, 6.07) is -2.35. The quantitative estimate of drug-likeness (QED) is 0.563. The minimum absolute atomic E-state index is 0.182. The minimum atomic E-state index is -1.50. The van der Waals surface area contributed by atoms with Gasteiger partial charge in [0.15, 0.2) is 0 Å². The lowest BCUT2D eigenvalue weighted by atomic mass is 10.2. The van der Waals surface area contributed by atoms with Crippen LogP contribution in [0.15, 0.2) is 5.51 Å². The highest BCUT2D eigenvalue weighted by Gasteiger charge is 2.23. The molecule has 1 rings (SSSR count). The number of nitrogens with one attached hydrogen (secondary N) is 2. The number of nitrogens with zero attached hydrogens (tertiary/aromatic N) is 2. The van der Waals surface area contributed by atoms with Crippen molar-refractivity contribution in [1.82, 2.24) is 15.5 Å². The standard InChI is InChI=1S/C7H8N4O5S/c12-4(13)1-3(5(14)15)9-6(16)10-7-11-8-2-17-7/h2-3H,1H2,(H,12,13)(H,14,15)(H2,9,10,11,16). The Balaban J connectivity index is 2.52. The van der Waals surface area contributed by atoms with Gasteiger partial charge < -0.3 is 15.5 Å². The molecule has 1 atom stereocenters. The van der Waals surface area contributed by atoms with Gasteiger partial charge in [-0.3, -0.25) is 10.1 Å². The molecule has 0 aliphatic carbocycles. The monoisotopic (exact) mass is 260 g/mol. The van der Waals surface area contributed by atoms with Gasteiger partial charge in [0.1, 0.15) is 11.6 Å². The lowest BCUT2D eigenvalue weighted by Crippen LogP contribution is -2.44. The summed E-state index contributed by atoms with van der Waals surface area (Å²) in [5.74, 6) is -2.76. The summed E-state index contributed by atoms with van der Waals surface area (Å²) in [4.78, 5) is 32.3. The summed E-state index contributed by atoms with van der Waals surface area (Å²) in [6.07, 6.45) is -0.709. The van der Waals surface area contributed by atoms with Crippen LogP contribution in [0.1, 0.15) is 6.42 Å². The average molecular weight is 260 g/mol. The summed E-state index contributed by atoms with van der Waals surface area (Å²) in [6.45, 7) is 0. The van der Waals surface area contributed by atoms with E-state index in [9.17, 15) is 14.4 Å². The van der Waals surface area contributed by atoms with Gasteiger partial charge in [-0.25, -0.2) is 9.59 Å². The fraction of sp³-hybridized carbons (Fsp3) is 0.286. The van der Waals surface area contributed by atoms with Crippen molar-refractivity contribution in [3.8, 4) is 0 Å². The molecule has 0 fully saturated rings. The van der Waals surface area contributed by atoms with Crippen molar-refractivity contribution in [3.05, 3.63) is 5.51 Å². The average Bonchev–Trinajstić information content (AvgIpc) is 2.68. The molecule has 0 radical (unpaired) electrons. The second-order valence-electron chi connectivity index (χ2n) is 2.83. The molecule has 2 amide bonds. The third-order valence-electron chi connectivity index (χ3n) is 1.56. The van der Waals surface area contributed by atoms with Gasteiger partial charge in [-0.15, -0.1) is 10.2 Å². The molecule has 92 valence electrons. The van der Waals surface area contributed by atoms with Crippen molar-refractivity contribution in [2.75, 3.05) is 5.32 Å². The van der Waals surface area contributed by atoms with Crippen LogP contribution < -0.4 is 10.6 Å². The number of aliphatic carboxylic acids is 2. The van der Waals surface area contributed by atoms with E-state index < -0.39 is 30.4 Å². The lowest BCUT2D eigenvalue weighted by molar-refractivity contribution is -0.145. The number of carbonyl (C=O) groups excluding carboxylic acids is 1. The maximum atomic E-state index is 11.3. The second-order valence-corrected chi connectivity index (χ2v) is 3.66. The number of carbonyl (C=O) groups is 3. The first-order valence-electron chi connectivity index (χ1n) is 4.27. The maximum Gasteiger partial charge on any atom is 0.326 e. The summed E-state index contributed by atoms with van der Waals surface area (Å²) in [5, 5.41) is 28.5. The molecule has 4 N–H and O–H groups in total. The van der Waals surface area contributed by atoms with Crippen LogP contribution in [0.2, 0.25) is 0 Å². The van der Waals surface area contributed by atoms with Gasteiger partial charge in [0, 0.05) is 0 Å². The number of aromatic nitrogens is 2. The zero-order valence-electron chi connectivity index (χ0n) is 8.28. The summed E-state index contributed by atoms with van der Waals surface area (Å²) in [5.41, 5.74) is 1.38. The smallest absolute Gasteiger partial charge is 0.326 e. The zero-order valence-corrected chi connectivity index (χ0v) is 9.10. The number of carboxylic acid groups (broad SMARTS) is 2. The van der Waals surface area contributed by atoms with Gasteiger partial charge >= 0.3 is 18.0 Å². The van der Waals surface area contributed by atoms with Crippen LogP contribution in [0.4, 0.5) is 9.93 Å². The van der Waals surface area contributed by atoms with Crippen molar-refractivity contribution >= 4 is 34.4 Å². The molecular weight excluding hydrogens is 252 g/mol. The molecule has 0 saturated carbocycles. The molecule has 0 aliphatic rings. The van der Waals surface area contributed by atoms with Crippen molar-refractivity contribution in [2.45, 2.75) is 12.5 Å². The molecule has 1 unspecified atom stereocenters. The number of carboxylic acids is 2. The number of urea groups is 1. The summed E-state index contributed by atoms with van der Waals surface area (Å²) in [7, 11) is 0. The van der Waals surface area contributed by atoms with E-state index in [2.05, 4.69) is 15.5 Å². The Morgan fingerprint density at radius 1 is 1.41 bits per heavy atom. The number of anilines is 1. The molecule has 1 heterocycles. The fourth-order valence-electron chi connectivity index (χ4n) is 0.894. The largest absolute Gasteiger partial charge is 0.481 e. The molecule has 1 aromatic heterocycles. The molecule has 0 saturated heterocycles. The van der Waals surface area contributed by atoms with E-state index in [-0.39, 0.29) is 5.13 Å². The number of amides is 2. The highest BCUT2D eigenvalue weighted by molar-refractivity contribution is 7.13. The van der Waals surface area contributed by atoms with Crippen molar-refractivity contribution in [3.63, 3.8) is 0 Å².